The minimum Gasteiger partial charge on any atom is -0.450 e. The molecule has 0 unspecified atom stereocenters. The first-order valence-corrected chi connectivity index (χ1v) is 14.3. The summed E-state index contributed by atoms with van der Waals surface area (Å²) in [5, 5.41) is 24.2. The number of anilines is 2. The Kier molecular flexibility index (Phi) is 8.38. The van der Waals surface area contributed by atoms with Gasteiger partial charge in [0.15, 0.2) is 29.3 Å². The number of halogens is 3. The summed E-state index contributed by atoms with van der Waals surface area (Å²) in [6.07, 6.45) is -8.31. The lowest BCUT2D eigenvalue weighted by Crippen LogP contribution is -2.41. The Morgan fingerprint density at radius 1 is 1.05 bits per heavy atom. The van der Waals surface area contributed by atoms with Crippen LogP contribution in [0.3, 0.4) is 0 Å². The van der Waals surface area contributed by atoms with Crippen LogP contribution in [-0.4, -0.2) is 86.4 Å². The molecule has 0 saturated carbocycles. The van der Waals surface area contributed by atoms with Gasteiger partial charge in [-0.25, -0.2) is 9.78 Å². The van der Waals surface area contributed by atoms with Crippen molar-refractivity contribution in [3.63, 3.8) is 0 Å². The minimum atomic E-state index is -5.28. The number of aliphatic hydroxyl groups excluding tert-OH is 2. The summed E-state index contributed by atoms with van der Waals surface area (Å²) in [6.45, 7) is 1.13. The minimum absolute atomic E-state index is 0.0332. The smallest absolute Gasteiger partial charge is 0.450 e. The van der Waals surface area contributed by atoms with Crippen molar-refractivity contribution < 1.29 is 37.7 Å². The average molecular weight is 613 g/mol. The van der Waals surface area contributed by atoms with Gasteiger partial charge in [-0.05, 0) is 24.0 Å². The third-order valence-electron chi connectivity index (χ3n) is 7.91. The summed E-state index contributed by atoms with van der Waals surface area (Å²) in [4.78, 5) is 27.6. The number of carbonyl (C=O) groups excluding carboxylic acids is 1. The maximum Gasteiger partial charge on any atom is 0.490 e. The zero-order valence-corrected chi connectivity index (χ0v) is 23.5. The van der Waals surface area contributed by atoms with Crippen LogP contribution in [0.5, 0.6) is 0 Å². The van der Waals surface area contributed by atoms with Gasteiger partial charge in [0.25, 0.3) is 0 Å². The van der Waals surface area contributed by atoms with Gasteiger partial charge < -0.3 is 29.9 Å². The van der Waals surface area contributed by atoms with Crippen molar-refractivity contribution in [3.8, 4) is 0 Å². The number of nitrogens with one attached hydrogen (secondary N) is 1. The third kappa shape index (κ3) is 5.92. The van der Waals surface area contributed by atoms with E-state index in [1.54, 1.807) is 0 Å². The fraction of sp³-hybridized carbons (Fsp3) is 0.400. The van der Waals surface area contributed by atoms with E-state index < -0.39 is 43.3 Å². The molecule has 11 nitrogen and oxygen atoms in total. The molecule has 14 heteroatoms. The molecule has 4 heterocycles. The fourth-order valence-electron chi connectivity index (χ4n) is 5.70. The van der Waals surface area contributed by atoms with E-state index in [1.807, 2.05) is 41.3 Å². The van der Waals surface area contributed by atoms with Crippen LogP contribution in [0.2, 0.25) is 0 Å². The van der Waals surface area contributed by atoms with Crippen LogP contribution in [0, 0.1) is 0 Å². The number of aliphatic hydroxyl groups is 2. The van der Waals surface area contributed by atoms with Crippen LogP contribution in [0.1, 0.15) is 36.1 Å². The van der Waals surface area contributed by atoms with Gasteiger partial charge in [0.2, 0.25) is 5.95 Å². The molecule has 0 bridgehead atoms. The zero-order valence-electron chi connectivity index (χ0n) is 23.5. The van der Waals surface area contributed by atoms with E-state index in [1.165, 1.54) is 10.9 Å². The highest BCUT2D eigenvalue weighted by Gasteiger charge is 2.51. The zero-order chi connectivity index (χ0) is 30.8. The van der Waals surface area contributed by atoms with Crippen molar-refractivity contribution in [2.24, 2.45) is 0 Å². The van der Waals surface area contributed by atoms with Crippen LogP contribution < -0.4 is 10.2 Å². The lowest BCUT2D eigenvalue weighted by Gasteiger charge is -2.22. The molecule has 232 valence electrons. The van der Waals surface area contributed by atoms with Crippen LogP contribution in [0.15, 0.2) is 67.0 Å². The highest BCUT2D eigenvalue weighted by Crippen LogP contribution is 2.36. The number of aromatic nitrogens is 4. The Morgan fingerprint density at radius 3 is 2.27 bits per heavy atom. The molecule has 4 atom stereocenters. The van der Waals surface area contributed by atoms with Gasteiger partial charge in [0, 0.05) is 25.6 Å². The number of alkyl halides is 3. The SMILES string of the molecule is O=C(O[C@H]1[C@@H](O)[C@H](n2cnc3c(NCC(c4ccccc4)c4ccccc4)nc(N4CCCC4)nc32)O[C@@H]1CO)C(F)(F)F. The normalized spacial score (nSPS) is 22.2. The van der Waals surface area contributed by atoms with Crippen LogP contribution in [0.25, 0.3) is 11.2 Å². The quantitative estimate of drug-likeness (QED) is 0.242. The number of imidazole rings is 1. The van der Waals surface area contributed by atoms with Gasteiger partial charge in [-0.2, -0.15) is 23.1 Å². The first kappa shape index (κ1) is 29.8. The number of fused-ring (bicyclic) bond motifs is 1. The molecular weight excluding hydrogens is 581 g/mol. The first-order chi connectivity index (χ1) is 21.2. The van der Waals surface area contributed by atoms with Gasteiger partial charge in [0.1, 0.15) is 12.2 Å². The molecule has 6 rings (SSSR count). The molecule has 0 radical (unpaired) electrons. The van der Waals surface area contributed by atoms with Crippen molar-refractivity contribution in [1.29, 1.82) is 0 Å². The number of nitrogens with zero attached hydrogens (tertiary/aromatic N) is 5. The van der Waals surface area contributed by atoms with Gasteiger partial charge in [-0.1, -0.05) is 60.7 Å². The molecule has 2 aliphatic rings. The Labute approximate surface area is 250 Å². The predicted molar refractivity (Wildman–Crippen MR) is 153 cm³/mol. The van der Waals surface area contributed by atoms with Crippen LogP contribution in [0.4, 0.5) is 24.9 Å². The van der Waals surface area contributed by atoms with Gasteiger partial charge >= 0.3 is 12.1 Å². The second-order valence-corrected chi connectivity index (χ2v) is 10.8. The average Bonchev–Trinajstić information content (AvgIpc) is 3.78. The number of hydrogen-bond donors (Lipinski definition) is 3. The molecule has 0 aliphatic carbocycles. The maximum absolute atomic E-state index is 12.9. The van der Waals surface area contributed by atoms with Gasteiger partial charge in [0.05, 0.1) is 12.9 Å². The van der Waals surface area contributed by atoms with Crippen molar-refractivity contribution in [1.82, 2.24) is 19.5 Å². The Morgan fingerprint density at radius 2 is 1.68 bits per heavy atom. The topological polar surface area (TPSA) is 135 Å². The van der Waals surface area contributed by atoms with E-state index in [4.69, 9.17) is 14.7 Å². The van der Waals surface area contributed by atoms with Gasteiger partial charge in [-0.3, -0.25) is 4.57 Å². The molecule has 2 aliphatic heterocycles. The van der Waals surface area contributed by atoms with E-state index in [9.17, 15) is 28.2 Å². The first-order valence-electron chi connectivity index (χ1n) is 14.3. The molecule has 0 amide bonds. The van der Waals surface area contributed by atoms with Crippen molar-refractivity contribution in [2.45, 2.75) is 49.5 Å². The second-order valence-electron chi connectivity index (χ2n) is 10.8. The number of hydrogen-bond acceptors (Lipinski definition) is 10. The largest absolute Gasteiger partial charge is 0.490 e. The Hall–Kier alpha value is -4.27. The summed E-state index contributed by atoms with van der Waals surface area (Å²) in [5.41, 5.74) is 2.79. The van der Waals surface area contributed by atoms with Crippen LogP contribution in [-0.2, 0) is 14.3 Å². The molecule has 2 aromatic heterocycles. The number of ether oxygens (including phenoxy) is 2. The van der Waals surface area contributed by atoms with Crippen molar-refractivity contribution in [3.05, 3.63) is 78.1 Å². The molecule has 2 fully saturated rings. The summed E-state index contributed by atoms with van der Waals surface area (Å²) >= 11 is 0. The summed E-state index contributed by atoms with van der Waals surface area (Å²) in [5.74, 6) is -1.68. The Bertz CT molecular complexity index is 1540. The number of carbonyl (C=O) groups is 1. The highest BCUT2D eigenvalue weighted by atomic mass is 19.4. The fourth-order valence-corrected chi connectivity index (χ4v) is 5.70. The molecule has 3 N–H and O–H groups in total. The van der Waals surface area contributed by atoms with E-state index in [0.717, 1.165) is 37.1 Å². The van der Waals surface area contributed by atoms with Crippen molar-refractivity contribution >= 4 is 28.9 Å². The predicted octanol–water partition coefficient (Wildman–Crippen LogP) is 3.40. The molecule has 44 heavy (non-hydrogen) atoms. The van der Waals surface area contributed by atoms with Gasteiger partial charge in [-0.15, -0.1) is 0 Å². The number of rotatable bonds is 9. The van der Waals surface area contributed by atoms with E-state index in [0.29, 0.717) is 23.8 Å². The molecule has 0 spiro atoms. The third-order valence-corrected chi connectivity index (χ3v) is 7.91. The lowest BCUT2D eigenvalue weighted by molar-refractivity contribution is -0.210. The van der Waals surface area contributed by atoms with E-state index in [-0.39, 0.29) is 11.6 Å². The molecule has 2 saturated heterocycles. The molecule has 2 aromatic carbocycles. The summed E-state index contributed by atoms with van der Waals surface area (Å²) in [7, 11) is 0. The molecule has 4 aromatic rings. The molecular formula is C30H31F3N6O5. The Balaban J connectivity index is 1.35. The highest BCUT2D eigenvalue weighted by molar-refractivity contribution is 5.84. The van der Waals surface area contributed by atoms with E-state index >= 15 is 0 Å². The number of benzene rings is 2. The summed E-state index contributed by atoms with van der Waals surface area (Å²) in [6, 6.07) is 20.0. The monoisotopic (exact) mass is 612 g/mol. The van der Waals surface area contributed by atoms with Crippen LogP contribution >= 0.6 is 0 Å². The number of esters is 1. The lowest BCUT2D eigenvalue weighted by atomic mass is 9.91. The maximum atomic E-state index is 12.9. The second kappa shape index (κ2) is 12.4. The van der Waals surface area contributed by atoms with E-state index in [2.05, 4.69) is 39.3 Å². The van der Waals surface area contributed by atoms with Crippen molar-refractivity contribution in [2.75, 3.05) is 36.5 Å². The standard InChI is InChI=1S/C30H31F3N6O5/c31-30(32,33)28(42)44-24-21(16-40)43-27(23(24)41)39-17-35-22-25(36-29(37-26(22)39)38-13-7-8-14-38)34-15-20(18-9-3-1-4-10-18)19-11-5-2-6-12-19/h1-6,9-12,17,20-21,23-24,27,40-41H,7-8,13-16H2,(H,34,36,37)/t21-,23-,24-,27-/m1/s1. The summed E-state index contributed by atoms with van der Waals surface area (Å²) < 4.78 is 50.3.